The molecule has 17 rings (SSSR count). The Labute approximate surface area is 769 Å². The van der Waals surface area contributed by atoms with Gasteiger partial charge in [-0.2, -0.15) is 18.6 Å². The molecule has 0 fully saturated rings. The number of aliphatic imine (C=N–C) groups is 3. The van der Waals surface area contributed by atoms with Crippen LogP contribution < -0.4 is 15.0 Å². The Balaban J connectivity index is 0.000000219. The number of benzene rings is 8. The minimum Gasteiger partial charge on any atom is -0.663 e. The number of hydrogen-bond acceptors (Lipinski definition) is 8. The first-order valence-corrected chi connectivity index (χ1v) is 37.2. The third-order valence-corrected chi connectivity index (χ3v) is 16.1. The summed E-state index contributed by atoms with van der Waals surface area (Å²) >= 11 is 3.37. The third-order valence-electron chi connectivity index (χ3n) is 15.6. The van der Waals surface area contributed by atoms with Crippen molar-refractivity contribution in [3.05, 3.63) is 487 Å². The summed E-state index contributed by atoms with van der Waals surface area (Å²) in [5.41, 5.74) is 9.61. The summed E-state index contributed by atoms with van der Waals surface area (Å²) in [5, 5.41) is 0. The molecule has 0 saturated heterocycles. The van der Waals surface area contributed by atoms with Crippen molar-refractivity contribution in [2.45, 2.75) is 0 Å². The zero-order chi connectivity index (χ0) is 87.3. The molecule has 0 amide bonds. The summed E-state index contributed by atoms with van der Waals surface area (Å²) in [7, 11) is 0. The van der Waals surface area contributed by atoms with Crippen LogP contribution in [0, 0.1) is 112 Å². The predicted molar refractivity (Wildman–Crippen MR) is 459 cm³/mol. The third kappa shape index (κ3) is 35.1. The molecule has 8 aromatic carbocycles. The average Bonchev–Trinajstić information content (AvgIpc) is 1.52. The molecule has 16 aromatic rings. The quantitative estimate of drug-likeness (QED) is 0.0453. The van der Waals surface area contributed by atoms with Gasteiger partial charge in [0.1, 0.15) is 0 Å². The Kier molecular flexibility index (Phi) is 44.8. The van der Waals surface area contributed by atoms with Gasteiger partial charge in [-0.3, -0.25) is 67.7 Å². The van der Waals surface area contributed by atoms with Gasteiger partial charge in [0.05, 0.1) is 35.4 Å². The number of aromatic nitrogens is 8. The van der Waals surface area contributed by atoms with Gasteiger partial charge in [-0.25, -0.2) is 0 Å². The summed E-state index contributed by atoms with van der Waals surface area (Å²) in [5.74, 6) is -7.67. The molecule has 3 radical (unpaired) electrons. The van der Waals surface area contributed by atoms with Gasteiger partial charge >= 0.3 is 0 Å². The van der Waals surface area contributed by atoms with Crippen LogP contribution in [-0.4, -0.2) is 50.1 Å². The number of pyridine rings is 5. The molecule has 8 heterocycles. The Hall–Kier alpha value is -13.4. The molecular weight excluding hydrogens is 2230 g/mol. The van der Waals surface area contributed by atoms with Crippen molar-refractivity contribution in [3.8, 4) is 56.3 Å². The molecule has 11 nitrogen and oxygen atoms in total. The van der Waals surface area contributed by atoms with E-state index in [0.29, 0.717) is 40.6 Å². The van der Waals surface area contributed by atoms with Gasteiger partial charge in [0.15, 0.2) is 0 Å². The zero-order valence-electron chi connectivity index (χ0n) is 65.4. The fourth-order valence-corrected chi connectivity index (χ4v) is 10.1. The van der Waals surface area contributed by atoms with Crippen LogP contribution in [0.1, 0.15) is 28.2 Å². The molecule has 126 heavy (non-hydrogen) atoms. The van der Waals surface area contributed by atoms with E-state index in [4.69, 9.17) is 0 Å². The Morgan fingerprint density at radius 1 is 0.349 bits per heavy atom. The maximum Gasteiger partial charge on any atom is 0.0818 e. The van der Waals surface area contributed by atoms with E-state index in [1.807, 2.05) is 91.0 Å². The van der Waals surface area contributed by atoms with Crippen LogP contribution in [0.4, 0.5) is 64.1 Å². The number of rotatable bonds is 14. The van der Waals surface area contributed by atoms with Crippen LogP contribution in [0.5, 0.6) is 0 Å². The molecule has 27 heteroatoms. The number of nitrogens with zero attached hydrogens (tertiary/aromatic N) is 11. The van der Waals surface area contributed by atoms with Crippen molar-refractivity contribution in [3.63, 3.8) is 0 Å². The summed E-state index contributed by atoms with van der Waals surface area (Å²) in [4.78, 5) is 44.5. The van der Waals surface area contributed by atoms with Crippen LogP contribution >= 0.6 is 15.9 Å². The minimum absolute atomic E-state index is 0. The summed E-state index contributed by atoms with van der Waals surface area (Å²) in [6.45, 7) is 7.90. The van der Waals surface area contributed by atoms with E-state index in [1.165, 1.54) is 0 Å². The second-order valence-corrected chi connectivity index (χ2v) is 25.3. The monoisotopic (exact) mass is 2290 g/mol. The Morgan fingerprint density at radius 2 is 0.643 bits per heavy atom. The van der Waals surface area contributed by atoms with Gasteiger partial charge in [0.2, 0.25) is 0 Å². The van der Waals surface area contributed by atoms with Crippen LogP contribution in [0.3, 0.4) is 0 Å². The first-order chi connectivity index (χ1) is 59.8. The Bertz CT molecular complexity index is 5600. The average molecular weight is 2290 g/mol. The molecule has 0 N–H and O–H groups in total. The van der Waals surface area contributed by atoms with Crippen molar-refractivity contribution < 1.29 is 113 Å². The van der Waals surface area contributed by atoms with E-state index in [1.54, 1.807) is 190 Å². The molecule has 0 saturated carbocycles. The maximum atomic E-state index is 13.2. The summed E-state index contributed by atoms with van der Waals surface area (Å²) in [6, 6.07) is 79.2. The fourth-order valence-electron chi connectivity index (χ4n) is 9.86. The summed E-state index contributed by atoms with van der Waals surface area (Å²) < 4.78 is 156. The van der Waals surface area contributed by atoms with E-state index < -0.39 is 69.8 Å². The fraction of sp³-hybridized carbons (Fsp3) is 0.0101. The topological polar surface area (TPSA) is 144 Å². The zero-order valence-corrected chi connectivity index (χ0v) is 74.2. The van der Waals surface area contributed by atoms with Crippen LogP contribution in [0.2, 0.25) is 0 Å². The van der Waals surface area contributed by atoms with Gasteiger partial charge < -0.3 is 39.9 Å². The minimum atomic E-state index is -0.649. The SMILES string of the molecule is Brc1ccc(N=Cc2ccc[n-]2)cc1.C=CCN=Cc1ccc[n-]1.C=Cc1ccc(N=Cc2ccc[n-]2)cc1.Fc1c[c-]c(-c2ccccn2)c(F)c1.Fc1c[c-]c(-c2ccccn2)c(F)c1.Fc1c[c-]c(-c2ccccn2)c(F)c1.Fc1c[c-]c(-c2ccccn2)c(F)c1.Fc1c[c-]c(-c2ccccn2)c(F)c1.Fc1c[c-]c(C2=CC=CC=[C+]2)c(F)c1.[Ir].[Ir].[Ir]. The molecule has 0 aliphatic heterocycles. The predicted octanol–water partition coefficient (Wildman–Crippen LogP) is 24.6. The smallest absolute Gasteiger partial charge is 0.0818 e. The van der Waals surface area contributed by atoms with E-state index in [0.717, 1.165) is 111 Å². The van der Waals surface area contributed by atoms with Gasteiger partial charge in [0.25, 0.3) is 0 Å². The first-order valence-electron chi connectivity index (χ1n) is 36.4. The summed E-state index contributed by atoms with van der Waals surface area (Å²) in [6.07, 6.45) is 31.6. The van der Waals surface area contributed by atoms with Gasteiger partial charge in [-0.1, -0.05) is 214 Å². The molecular formula is C99H64BrF12Ir3N11-8. The molecule has 8 aromatic heterocycles. The maximum absolute atomic E-state index is 13.2. The van der Waals surface area contributed by atoms with E-state index >= 15 is 0 Å². The normalized spacial score (nSPS) is 10.5. The molecule has 0 bridgehead atoms. The first kappa shape index (κ1) is 101. The Morgan fingerprint density at radius 3 is 0.889 bits per heavy atom. The van der Waals surface area contributed by atoms with Crippen LogP contribution in [0.25, 0.3) is 67.9 Å². The van der Waals surface area contributed by atoms with Crippen molar-refractivity contribution in [2.75, 3.05) is 6.54 Å². The van der Waals surface area contributed by atoms with Crippen LogP contribution in [-0.2, 0) is 60.3 Å². The van der Waals surface area contributed by atoms with Crippen molar-refractivity contribution >= 4 is 57.6 Å². The molecule has 641 valence electrons. The van der Waals surface area contributed by atoms with E-state index in [2.05, 4.69) is 126 Å². The molecule has 0 spiro atoms. The molecule has 1 aliphatic carbocycles. The van der Waals surface area contributed by atoms with Gasteiger partial charge in [0, 0.05) is 191 Å². The number of hydrogen-bond donors (Lipinski definition) is 0. The largest absolute Gasteiger partial charge is 0.663 e. The van der Waals surface area contributed by atoms with Crippen LogP contribution in [0.15, 0.2) is 361 Å². The van der Waals surface area contributed by atoms with Gasteiger partial charge in [-0.15, -0.1) is 90.4 Å². The van der Waals surface area contributed by atoms with Crippen molar-refractivity contribution in [1.29, 1.82) is 0 Å². The molecule has 0 atom stereocenters. The standard InChI is InChI=1S/C13H11N2.C12H6F2.C11H8BrN2.5C11H6F2N.C8H9N2.3Ir/c1-2-11-5-7-12(8-6-11)15-10-13-4-3-9-14-13;13-10-6-7-11(12(14)8-10)9-4-2-1-3-5-9;12-9-3-5-10(6-4-9)14-8-11-2-1-7-13-11;5*12-8-4-5-9(10(13)7-8)11-3-1-2-6-14-11;1-2-5-9-7-8-4-3-6-10-8;;;/h2-10H,1H2;1-4,6,8H;1-8H;5*1-4,6-7H;2-4,6-7H,1,5H2;;;/q-1;;7*-1;;;. The molecule has 1 aliphatic rings. The second-order valence-electron chi connectivity index (χ2n) is 24.4. The number of allylic oxidation sites excluding steroid dienone is 6. The van der Waals surface area contributed by atoms with Crippen molar-refractivity contribution in [2.24, 2.45) is 15.0 Å². The number of halogens is 13. The van der Waals surface area contributed by atoms with E-state index in [-0.39, 0.29) is 93.7 Å². The van der Waals surface area contributed by atoms with E-state index in [9.17, 15) is 52.7 Å². The second kappa shape index (κ2) is 55.6. The van der Waals surface area contributed by atoms with Crippen molar-refractivity contribution in [1.82, 2.24) is 39.9 Å². The van der Waals surface area contributed by atoms with Gasteiger partial charge in [-0.05, 0) is 118 Å². The molecule has 0 unspecified atom stereocenters.